The molecular formula is C26H30N4O3. The van der Waals surface area contributed by atoms with Crippen LogP contribution in [0.2, 0.25) is 0 Å². The van der Waals surface area contributed by atoms with E-state index < -0.39 is 0 Å². The molecule has 33 heavy (non-hydrogen) atoms. The number of methoxy groups -OCH3 is 2. The van der Waals surface area contributed by atoms with Gasteiger partial charge in [-0.25, -0.2) is 0 Å². The van der Waals surface area contributed by atoms with E-state index in [1.807, 2.05) is 30.3 Å². The van der Waals surface area contributed by atoms with Crippen LogP contribution in [0.4, 0.5) is 5.82 Å². The zero-order chi connectivity index (χ0) is 23.2. The van der Waals surface area contributed by atoms with Gasteiger partial charge in [0.05, 0.1) is 25.8 Å². The SMILES string of the molecule is COc1ccc(OC)c(CNC(=O)[C@@H]2CCCN(c3ccc(-c4ccc(C)cc4)nn3)C2)c1. The van der Waals surface area contributed by atoms with Gasteiger partial charge in [-0.05, 0) is 50.1 Å². The summed E-state index contributed by atoms with van der Waals surface area (Å²) in [5.41, 5.74) is 3.99. The van der Waals surface area contributed by atoms with Gasteiger partial charge in [-0.2, -0.15) is 0 Å². The molecule has 3 aromatic rings. The van der Waals surface area contributed by atoms with E-state index in [4.69, 9.17) is 9.47 Å². The van der Waals surface area contributed by atoms with Gasteiger partial charge in [-0.15, -0.1) is 10.2 Å². The Labute approximate surface area is 194 Å². The van der Waals surface area contributed by atoms with Crippen LogP contribution in [0.5, 0.6) is 11.5 Å². The molecule has 0 spiro atoms. The number of benzene rings is 2. The van der Waals surface area contributed by atoms with Crippen molar-refractivity contribution in [1.29, 1.82) is 0 Å². The van der Waals surface area contributed by atoms with Crippen LogP contribution >= 0.6 is 0 Å². The van der Waals surface area contributed by atoms with Crippen molar-refractivity contribution in [2.75, 3.05) is 32.2 Å². The molecule has 0 unspecified atom stereocenters. The Kier molecular flexibility index (Phi) is 7.07. The van der Waals surface area contributed by atoms with Crippen molar-refractivity contribution >= 4 is 11.7 Å². The van der Waals surface area contributed by atoms with Crippen LogP contribution in [0.1, 0.15) is 24.0 Å². The third kappa shape index (κ3) is 5.42. The van der Waals surface area contributed by atoms with E-state index in [2.05, 4.69) is 51.6 Å². The fourth-order valence-electron chi connectivity index (χ4n) is 4.12. The molecule has 7 nitrogen and oxygen atoms in total. The van der Waals surface area contributed by atoms with Crippen molar-refractivity contribution in [2.45, 2.75) is 26.3 Å². The molecule has 1 N–H and O–H groups in total. The average Bonchev–Trinajstić information content (AvgIpc) is 2.87. The van der Waals surface area contributed by atoms with E-state index in [1.54, 1.807) is 14.2 Å². The highest BCUT2D eigenvalue weighted by Gasteiger charge is 2.27. The first kappa shape index (κ1) is 22.6. The molecule has 1 aromatic heterocycles. The lowest BCUT2D eigenvalue weighted by molar-refractivity contribution is -0.125. The summed E-state index contributed by atoms with van der Waals surface area (Å²) in [6, 6.07) is 17.8. The third-order valence-electron chi connectivity index (χ3n) is 6.05. The molecule has 1 aliphatic heterocycles. The second kappa shape index (κ2) is 10.3. The summed E-state index contributed by atoms with van der Waals surface area (Å²) in [5, 5.41) is 11.9. The van der Waals surface area contributed by atoms with Crippen LogP contribution in [0, 0.1) is 12.8 Å². The Morgan fingerprint density at radius 3 is 2.58 bits per heavy atom. The van der Waals surface area contributed by atoms with Crippen LogP contribution in [0.15, 0.2) is 54.6 Å². The van der Waals surface area contributed by atoms with Crippen LogP contribution < -0.4 is 19.7 Å². The standard InChI is InChI=1S/C26H30N4O3/c1-18-6-8-19(9-7-18)23-11-13-25(29-28-23)30-14-4-5-20(17-30)26(31)27-16-21-15-22(32-2)10-12-24(21)33-3/h6-13,15,20H,4-5,14,16-17H2,1-3H3,(H,27,31)/t20-/m1/s1. The molecule has 0 radical (unpaired) electrons. The first-order valence-corrected chi connectivity index (χ1v) is 11.2. The van der Waals surface area contributed by atoms with E-state index in [0.717, 1.165) is 53.5 Å². The number of aromatic nitrogens is 2. The smallest absolute Gasteiger partial charge is 0.225 e. The quantitative estimate of drug-likeness (QED) is 0.591. The first-order chi connectivity index (χ1) is 16.1. The van der Waals surface area contributed by atoms with Crippen LogP contribution in [-0.2, 0) is 11.3 Å². The van der Waals surface area contributed by atoms with Crippen molar-refractivity contribution in [1.82, 2.24) is 15.5 Å². The van der Waals surface area contributed by atoms with Gasteiger partial charge in [0.25, 0.3) is 0 Å². The summed E-state index contributed by atoms with van der Waals surface area (Å²) < 4.78 is 10.7. The molecule has 2 heterocycles. The normalized spacial score (nSPS) is 15.7. The maximum absolute atomic E-state index is 12.9. The minimum absolute atomic E-state index is 0.0359. The van der Waals surface area contributed by atoms with Gasteiger partial charge in [0.15, 0.2) is 5.82 Å². The maximum Gasteiger partial charge on any atom is 0.225 e. The van der Waals surface area contributed by atoms with Crippen molar-refractivity contribution in [3.05, 3.63) is 65.7 Å². The number of carbonyl (C=O) groups excluding carboxylic acids is 1. The van der Waals surface area contributed by atoms with E-state index in [-0.39, 0.29) is 11.8 Å². The molecular weight excluding hydrogens is 416 g/mol. The van der Waals surface area contributed by atoms with Gasteiger partial charge >= 0.3 is 0 Å². The van der Waals surface area contributed by atoms with E-state index in [9.17, 15) is 4.79 Å². The molecule has 7 heteroatoms. The minimum atomic E-state index is -0.103. The van der Waals surface area contributed by atoms with Gasteiger partial charge in [0.2, 0.25) is 5.91 Å². The van der Waals surface area contributed by atoms with E-state index >= 15 is 0 Å². The van der Waals surface area contributed by atoms with Gasteiger partial charge in [-0.1, -0.05) is 29.8 Å². The van der Waals surface area contributed by atoms with Crippen molar-refractivity contribution in [3.8, 4) is 22.8 Å². The number of piperidine rings is 1. The number of carbonyl (C=O) groups is 1. The van der Waals surface area contributed by atoms with E-state index in [0.29, 0.717) is 13.1 Å². The van der Waals surface area contributed by atoms with Crippen LogP contribution in [0.3, 0.4) is 0 Å². The highest BCUT2D eigenvalue weighted by molar-refractivity contribution is 5.79. The van der Waals surface area contributed by atoms with Crippen molar-refractivity contribution in [3.63, 3.8) is 0 Å². The molecule has 4 rings (SSSR count). The fourth-order valence-corrected chi connectivity index (χ4v) is 4.12. The Bertz CT molecular complexity index is 1080. The summed E-state index contributed by atoms with van der Waals surface area (Å²) in [6.45, 7) is 3.95. The Morgan fingerprint density at radius 1 is 1.06 bits per heavy atom. The number of ether oxygens (including phenoxy) is 2. The van der Waals surface area contributed by atoms with Gasteiger partial charge < -0.3 is 19.7 Å². The fraction of sp³-hybridized carbons (Fsp3) is 0.346. The van der Waals surface area contributed by atoms with Crippen molar-refractivity contribution in [2.24, 2.45) is 5.92 Å². The second-order valence-electron chi connectivity index (χ2n) is 8.32. The summed E-state index contributed by atoms with van der Waals surface area (Å²) in [4.78, 5) is 15.1. The summed E-state index contributed by atoms with van der Waals surface area (Å²) in [7, 11) is 3.24. The molecule has 2 aromatic carbocycles. The number of aryl methyl sites for hydroxylation is 1. The molecule has 0 saturated carbocycles. The summed E-state index contributed by atoms with van der Waals surface area (Å²) >= 11 is 0. The zero-order valence-electron chi connectivity index (χ0n) is 19.4. The number of rotatable bonds is 7. The molecule has 0 aliphatic carbocycles. The topological polar surface area (TPSA) is 76.6 Å². The van der Waals surface area contributed by atoms with Crippen molar-refractivity contribution < 1.29 is 14.3 Å². The predicted octanol–water partition coefficient (Wildman–Crippen LogP) is 4.00. The average molecular weight is 447 g/mol. The molecule has 1 amide bonds. The highest BCUT2D eigenvalue weighted by atomic mass is 16.5. The predicted molar refractivity (Wildman–Crippen MR) is 129 cm³/mol. The lowest BCUT2D eigenvalue weighted by atomic mass is 9.97. The number of nitrogens with one attached hydrogen (secondary N) is 1. The number of anilines is 1. The lowest BCUT2D eigenvalue weighted by Gasteiger charge is -2.32. The monoisotopic (exact) mass is 446 g/mol. The number of amides is 1. The highest BCUT2D eigenvalue weighted by Crippen LogP contribution is 2.26. The van der Waals surface area contributed by atoms with E-state index in [1.165, 1.54) is 5.56 Å². The summed E-state index contributed by atoms with van der Waals surface area (Å²) in [5.74, 6) is 2.20. The lowest BCUT2D eigenvalue weighted by Crippen LogP contribution is -2.43. The zero-order valence-corrected chi connectivity index (χ0v) is 19.4. The second-order valence-corrected chi connectivity index (χ2v) is 8.32. The number of nitrogens with zero attached hydrogens (tertiary/aromatic N) is 3. The van der Waals surface area contributed by atoms with Crippen LogP contribution in [-0.4, -0.2) is 43.4 Å². The summed E-state index contributed by atoms with van der Waals surface area (Å²) in [6.07, 6.45) is 1.79. The Balaban J connectivity index is 1.38. The maximum atomic E-state index is 12.9. The van der Waals surface area contributed by atoms with Gasteiger partial charge in [-0.3, -0.25) is 4.79 Å². The molecule has 0 bridgehead atoms. The van der Waals surface area contributed by atoms with Gasteiger partial charge in [0.1, 0.15) is 11.5 Å². The molecule has 1 saturated heterocycles. The Morgan fingerprint density at radius 2 is 1.88 bits per heavy atom. The molecule has 172 valence electrons. The van der Waals surface area contributed by atoms with Gasteiger partial charge in [0, 0.05) is 30.8 Å². The number of hydrogen-bond donors (Lipinski definition) is 1. The molecule has 1 aliphatic rings. The Hall–Kier alpha value is -3.61. The largest absolute Gasteiger partial charge is 0.497 e. The third-order valence-corrected chi connectivity index (χ3v) is 6.05. The van der Waals surface area contributed by atoms with Crippen LogP contribution in [0.25, 0.3) is 11.3 Å². The molecule has 1 atom stereocenters. The minimum Gasteiger partial charge on any atom is -0.497 e. The number of hydrogen-bond acceptors (Lipinski definition) is 6. The molecule has 1 fully saturated rings. The first-order valence-electron chi connectivity index (χ1n) is 11.2.